The van der Waals surface area contributed by atoms with Gasteiger partial charge in [0.2, 0.25) is 0 Å². The van der Waals surface area contributed by atoms with Crippen molar-refractivity contribution < 1.29 is 42.1 Å². The van der Waals surface area contributed by atoms with Crippen molar-refractivity contribution in [2.75, 3.05) is 26.7 Å². The first-order valence-electron chi connectivity index (χ1n) is 19.2. The predicted molar refractivity (Wildman–Crippen MR) is 180 cm³/mol. The molecule has 0 aromatic rings. The number of alkyl carbamates (subject to hydrolysis) is 2. The summed E-state index contributed by atoms with van der Waals surface area (Å²) >= 11 is 0. The van der Waals surface area contributed by atoms with Crippen molar-refractivity contribution in [2.24, 2.45) is 56.7 Å². The van der Waals surface area contributed by atoms with Crippen LogP contribution in [0.4, 0.5) is 22.8 Å². The number of aliphatic hydroxyl groups excluding tert-OH is 1. The molecular formula is C38H60F3N3O6. The molecule has 7 aliphatic rings. The van der Waals surface area contributed by atoms with E-state index < -0.39 is 37.1 Å². The van der Waals surface area contributed by atoms with Gasteiger partial charge in [-0.2, -0.15) is 13.2 Å². The van der Waals surface area contributed by atoms with Crippen LogP contribution in [0.1, 0.15) is 99.8 Å². The number of amides is 2. The van der Waals surface area contributed by atoms with Crippen molar-refractivity contribution in [3.8, 4) is 0 Å². The second-order valence-corrected chi connectivity index (χ2v) is 19.0. The average molecular weight is 712 g/mol. The molecule has 5 aliphatic carbocycles. The van der Waals surface area contributed by atoms with Gasteiger partial charge in [0.05, 0.1) is 30.9 Å². The summed E-state index contributed by atoms with van der Waals surface area (Å²) in [7, 11) is 1.57. The smallest absolute Gasteiger partial charge is 0.407 e. The number of ether oxygens (including phenoxy) is 3. The Bertz CT molecular complexity index is 1360. The van der Waals surface area contributed by atoms with Crippen LogP contribution >= 0.6 is 0 Å². The van der Waals surface area contributed by atoms with Crippen LogP contribution in [0.2, 0.25) is 0 Å². The molecule has 0 aromatic carbocycles. The van der Waals surface area contributed by atoms with Crippen LogP contribution in [0.15, 0.2) is 0 Å². The van der Waals surface area contributed by atoms with E-state index in [4.69, 9.17) is 14.2 Å². The average Bonchev–Trinajstić information content (AvgIpc) is 3.64. The Hall–Kier alpha value is -1.79. The monoisotopic (exact) mass is 711 g/mol. The van der Waals surface area contributed by atoms with Gasteiger partial charge in [-0.1, -0.05) is 48.5 Å². The van der Waals surface area contributed by atoms with Gasteiger partial charge in [-0.25, -0.2) is 9.59 Å². The first-order chi connectivity index (χ1) is 23.2. The van der Waals surface area contributed by atoms with Crippen molar-refractivity contribution in [3.63, 3.8) is 0 Å². The van der Waals surface area contributed by atoms with Gasteiger partial charge in [-0.05, 0) is 97.2 Å². The molecule has 2 amide bonds. The molecule has 2 spiro atoms. The molecule has 0 radical (unpaired) electrons. The van der Waals surface area contributed by atoms with Gasteiger partial charge in [0, 0.05) is 31.0 Å². The summed E-state index contributed by atoms with van der Waals surface area (Å²) in [6.45, 7) is 15.1. The molecule has 50 heavy (non-hydrogen) atoms. The zero-order valence-electron chi connectivity index (χ0n) is 31.2. The molecule has 13 atom stereocenters. The largest absolute Gasteiger partial charge is 0.446 e. The third-order valence-electron chi connectivity index (χ3n) is 16.2. The van der Waals surface area contributed by atoms with E-state index in [-0.39, 0.29) is 76.4 Å². The van der Waals surface area contributed by atoms with E-state index in [2.05, 4.69) is 45.3 Å². The van der Waals surface area contributed by atoms with E-state index in [1.54, 1.807) is 7.05 Å². The molecule has 0 aromatic heterocycles. The normalized spacial score (nSPS) is 47.0. The molecule has 3 N–H and O–H groups in total. The number of halogens is 3. The third kappa shape index (κ3) is 5.17. The van der Waals surface area contributed by atoms with E-state index in [0.717, 1.165) is 51.4 Å². The minimum atomic E-state index is -4.24. The standard InChI is InChI=1S/C38H60F3N3O6/c1-20(2)28(50-31(46)42-8)23-15-21(3)27-29(48-23)30(45)35(7)25-10-9-24-33(4,5)26(11-12-36(24)18-37(25,36)14-13-34(27,35)6)49-32(47)43-22-16-44(17-22)19-38(39,40)41/h20-30,45H,9-19H2,1-8H3,(H,42,46)(H,43,47)/t21-,23?,24+,25?,26?,27+,28-,29?,30+,34-,35-,36-,37+/m1/s1. The number of hydrogen-bond acceptors (Lipinski definition) is 7. The van der Waals surface area contributed by atoms with Gasteiger partial charge in [-0.3, -0.25) is 4.90 Å². The summed E-state index contributed by atoms with van der Waals surface area (Å²) in [5, 5.41) is 17.9. The summed E-state index contributed by atoms with van der Waals surface area (Å²) in [4.78, 5) is 26.6. The Kier molecular flexibility index (Phi) is 8.67. The predicted octanol–water partition coefficient (Wildman–Crippen LogP) is 6.52. The molecule has 7 rings (SSSR count). The van der Waals surface area contributed by atoms with Gasteiger partial charge in [0.25, 0.3) is 0 Å². The van der Waals surface area contributed by atoms with Crippen LogP contribution in [0.5, 0.6) is 0 Å². The fourth-order valence-corrected chi connectivity index (χ4v) is 13.9. The quantitative estimate of drug-likeness (QED) is 0.288. The number of rotatable bonds is 6. The summed E-state index contributed by atoms with van der Waals surface area (Å²) in [6.07, 6.45) is 0.782. The van der Waals surface area contributed by atoms with Crippen LogP contribution in [-0.4, -0.2) is 91.6 Å². The fraction of sp³-hybridized carbons (Fsp3) is 0.947. The highest BCUT2D eigenvalue weighted by atomic mass is 19.4. The number of likely N-dealkylation sites (tertiary alicyclic amines) is 1. The minimum Gasteiger partial charge on any atom is -0.446 e. The lowest BCUT2D eigenvalue weighted by Gasteiger charge is -2.63. The lowest BCUT2D eigenvalue weighted by atomic mass is 9.41. The number of alkyl halides is 3. The summed E-state index contributed by atoms with van der Waals surface area (Å²) < 4.78 is 57.0. The SMILES string of the molecule is CNC(=O)O[C@H](C(C)C)C1C[C@@H](C)[C@H]2C(O1)[C@H](O)[C@@]1(C)C3CC[C@H]4C(C)(C)C(OC(=O)NC5CN(CC(F)(F)F)C5)CC[C@@]45C[C@@]35CC[C@]21C. The van der Waals surface area contributed by atoms with E-state index in [9.17, 15) is 27.9 Å². The number of fused-ring (bicyclic) bond motifs is 4. The van der Waals surface area contributed by atoms with Crippen molar-refractivity contribution in [1.82, 2.24) is 15.5 Å². The zero-order valence-corrected chi connectivity index (χ0v) is 31.2. The number of nitrogens with one attached hydrogen (secondary N) is 2. The second kappa shape index (κ2) is 11.9. The molecule has 7 fully saturated rings. The molecule has 2 aliphatic heterocycles. The first kappa shape index (κ1) is 36.6. The van der Waals surface area contributed by atoms with Crippen LogP contribution in [0, 0.1) is 56.7 Å². The van der Waals surface area contributed by atoms with Crippen molar-refractivity contribution in [2.45, 2.75) is 143 Å². The Morgan fingerprint density at radius 3 is 2.30 bits per heavy atom. The highest BCUT2D eigenvalue weighted by Gasteiger charge is 2.84. The summed E-state index contributed by atoms with van der Waals surface area (Å²) in [5.41, 5.74) is -0.375. The van der Waals surface area contributed by atoms with Crippen LogP contribution in [0.25, 0.3) is 0 Å². The Labute approximate surface area is 295 Å². The van der Waals surface area contributed by atoms with Gasteiger partial charge in [0.1, 0.15) is 12.2 Å². The molecule has 284 valence electrons. The Morgan fingerprint density at radius 2 is 1.66 bits per heavy atom. The topological polar surface area (TPSA) is 109 Å². The lowest BCUT2D eigenvalue weighted by Crippen LogP contribution is -2.62. The highest BCUT2D eigenvalue weighted by Crippen LogP contribution is 2.89. The Balaban J connectivity index is 1.06. The third-order valence-corrected chi connectivity index (χ3v) is 16.2. The van der Waals surface area contributed by atoms with Gasteiger partial charge >= 0.3 is 18.4 Å². The van der Waals surface area contributed by atoms with Crippen molar-refractivity contribution in [3.05, 3.63) is 0 Å². The molecule has 5 saturated carbocycles. The Morgan fingerprint density at radius 1 is 1.00 bits per heavy atom. The van der Waals surface area contributed by atoms with Crippen molar-refractivity contribution in [1.29, 1.82) is 0 Å². The van der Waals surface area contributed by atoms with Gasteiger partial charge in [-0.15, -0.1) is 0 Å². The maximum absolute atomic E-state index is 13.0. The first-order valence-corrected chi connectivity index (χ1v) is 19.2. The van der Waals surface area contributed by atoms with E-state index in [1.807, 2.05) is 13.8 Å². The molecule has 2 saturated heterocycles. The molecular weight excluding hydrogens is 651 g/mol. The van der Waals surface area contributed by atoms with Crippen LogP contribution < -0.4 is 10.6 Å². The summed E-state index contributed by atoms with van der Waals surface area (Å²) in [6, 6.07) is -0.328. The molecule has 12 heteroatoms. The number of aliphatic hydroxyl groups is 1. The van der Waals surface area contributed by atoms with Crippen LogP contribution in [0.3, 0.4) is 0 Å². The van der Waals surface area contributed by atoms with E-state index in [1.165, 1.54) is 4.90 Å². The number of carbonyl (C=O) groups is 2. The zero-order chi connectivity index (χ0) is 36.4. The van der Waals surface area contributed by atoms with Gasteiger partial charge < -0.3 is 30.0 Å². The van der Waals surface area contributed by atoms with Gasteiger partial charge in [0.15, 0.2) is 0 Å². The molecule has 0 bridgehead atoms. The minimum absolute atomic E-state index is 0.0679. The molecule has 4 unspecified atom stereocenters. The number of hydrogen-bond donors (Lipinski definition) is 3. The molecule has 2 heterocycles. The second-order valence-electron chi connectivity index (χ2n) is 19.0. The fourth-order valence-electron chi connectivity index (χ4n) is 13.9. The van der Waals surface area contributed by atoms with Crippen molar-refractivity contribution >= 4 is 12.2 Å². The highest BCUT2D eigenvalue weighted by molar-refractivity contribution is 5.68. The number of carbonyl (C=O) groups excluding carboxylic acids is 2. The van der Waals surface area contributed by atoms with E-state index >= 15 is 0 Å². The maximum Gasteiger partial charge on any atom is 0.407 e. The van der Waals surface area contributed by atoms with Crippen LogP contribution in [-0.2, 0) is 14.2 Å². The lowest BCUT2D eigenvalue weighted by molar-refractivity contribution is -0.184. The number of nitrogens with zero attached hydrogens (tertiary/aromatic N) is 1. The maximum atomic E-state index is 13.0. The summed E-state index contributed by atoms with van der Waals surface area (Å²) in [5.74, 6) is 1.33. The molecule has 9 nitrogen and oxygen atoms in total. The van der Waals surface area contributed by atoms with E-state index in [0.29, 0.717) is 17.8 Å².